The van der Waals surface area contributed by atoms with Gasteiger partial charge in [-0.3, -0.25) is 4.90 Å². The van der Waals surface area contributed by atoms with Crippen LogP contribution in [0.4, 0.5) is 5.69 Å². The molecule has 122 valence electrons. The third-order valence-electron chi connectivity index (χ3n) is 4.20. The highest BCUT2D eigenvalue weighted by atomic mass is 35.5. The number of rotatable bonds is 5. The highest BCUT2D eigenvalue weighted by Gasteiger charge is 2.17. The van der Waals surface area contributed by atoms with Gasteiger partial charge in [-0.1, -0.05) is 30.7 Å². The number of hydrogen-bond acceptors (Lipinski definition) is 3. The van der Waals surface area contributed by atoms with E-state index in [1.807, 2.05) is 23.9 Å². The Labute approximate surface area is 148 Å². The molecule has 4 heteroatoms. The average Bonchev–Trinajstić information content (AvgIpc) is 2.58. The summed E-state index contributed by atoms with van der Waals surface area (Å²) in [7, 11) is 0. The van der Waals surface area contributed by atoms with Crippen LogP contribution >= 0.6 is 23.4 Å². The molecule has 23 heavy (non-hydrogen) atoms. The first-order valence-corrected chi connectivity index (χ1v) is 9.55. The van der Waals surface area contributed by atoms with Gasteiger partial charge < -0.3 is 4.90 Å². The second-order valence-corrected chi connectivity index (χ2v) is 7.59. The van der Waals surface area contributed by atoms with E-state index in [2.05, 4.69) is 53.1 Å². The van der Waals surface area contributed by atoms with Gasteiger partial charge in [0.15, 0.2) is 0 Å². The third-order valence-corrected chi connectivity index (χ3v) is 5.35. The Morgan fingerprint density at radius 1 is 0.913 bits per heavy atom. The lowest BCUT2D eigenvalue weighted by Crippen LogP contribution is -2.45. The number of piperazine rings is 1. The predicted octanol–water partition coefficient (Wildman–Crippen LogP) is 4.77. The topological polar surface area (TPSA) is 6.48 Å². The van der Waals surface area contributed by atoms with Crippen molar-refractivity contribution in [3.05, 3.63) is 59.1 Å². The number of hydrogen-bond donors (Lipinski definition) is 0. The van der Waals surface area contributed by atoms with E-state index in [-0.39, 0.29) is 0 Å². The van der Waals surface area contributed by atoms with Crippen LogP contribution in [-0.2, 0) is 6.54 Å². The van der Waals surface area contributed by atoms with E-state index in [4.69, 9.17) is 11.6 Å². The van der Waals surface area contributed by atoms with E-state index in [1.165, 1.54) is 16.1 Å². The van der Waals surface area contributed by atoms with E-state index in [1.54, 1.807) is 0 Å². The molecule has 0 N–H and O–H groups in total. The van der Waals surface area contributed by atoms with Crippen LogP contribution in [-0.4, -0.2) is 36.8 Å². The SMILES string of the molecule is CCSc1ccc(CN2CCN(c3ccc(Cl)cc3)CC2)cc1. The Balaban J connectivity index is 1.51. The molecule has 0 aliphatic carbocycles. The van der Waals surface area contributed by atoms with Crippen LogP contribution in [0.5, 0.6) is 0 Å². The molecule has 1 heterocycles. The van der Waals surface area contributed by atoms with Crippen molar-refractivity contribution in [2.45, 2.75) is 18.4 Å². The largest absolute Gasteiger partial charge is 0.369 e. The minimum Gasteiger partial charge on any atom is -0.369 e. The van der Waals surface area contributed by atoms with Crippen molar-refractivity contribution in [1.82, 2.24) is 4.90 Å². The van der Waals surface area contributed by atoms with E-state index < -0.39 is 0 Å². The molecule has 1 fully saturated rings. The van der Waals surface area contributed by atoms with Gasteiger partial charge >= 0.3 is 0 Å². The van der Waals surface area contributed by atoms with Crippen molar-refractivity contribution in [3.63, 3.8) is 0 Å². The van der Waals surface area contributed by atoms with Gasteiger partial charge in [-0.25, -0.2) is 0 Å². The van der Waals surface area contributed by atoms with E-state index >= 15 is 0 Å². The number of halogens is 1. The summed E-state index contributed by atoms with van der Waals surface area (Å²) in [6.45, 7) is 7.60. The van der Waals surface area contributed by atoms with Crippen LogP contribution in [0.1, 0.15) is 12.5 Å². The van der Waals surface area contributed by atoms with Crippen LogP contribution in [0.15, 0.2) is 53.4 Å². The summed E-state index contributed by atoms with van der Waals surface area (Å²) in [4.78, 5) is 6.34. The molecule has 0 unspecified atom stereocenters. The summed E-state index contributed by atoms with van der Waals surface area (Å²) in [6, 6.07) is 17.2. The highest BCUT2D eigenvalue weighted by Crippen LogP contribution is 2.21. The minimum absolute atomic E-state index is 0.803. The fraction of sp³-hybridized carbons (Fsp3) is 0.368. The maximum atomic E-state index is 5.97. The second-order valence-electron chi connectivity index (χ2n) is 5.82. The molecule has 0 amide bonds. The molecule has 0 spiro atoms. The molecule has 0 atom stereocenters. The molecule has 2 nitrogen and oxygen atoms in total. The second kappa shape index (κ2) is 8.09. The van der Waals surface area contributed by atoms with Gasteiger partial charge in [0.05, 0.1) is 0 Å². The van der Waals surface area contributed by atoms with Crippen molar-refractivity contribution >= 4 is 29.1 Å². The summed E-state index contributed by atoms with van der Waals surface area (Å²) < 4.78 is 0. The van der Waals surface area contributed by atoms with Gasteiger partial charge in [-0.15, -0.1) is 11.8 Å². The molecule has 1 aliphatic rings. The molecular weight excluding hydrogens is 324 g/mol. The summed E-state index contributed by atoms with van der Waals surface area (Å²) in [5.41, 5.74) is 2.68. The third kappa shape index (κ3) is 4.66. The van der Waals surface area contributed by atoms with Gasteiger partial charge in [-0.2, -0.15) is 0 Å². The van der Waals surface area contributed by atoms with E-state index in [0.717, 1.165) is 43.5 Å². The Morgan fingerprint density at radius 2 is 1.57 bits per heavy atom. The van der Waals surface area contributed by atoms with Gasteiger partial charge in [0.2, 0.25) is 0 Å². The van der Waals surface area contributed by atoms with Crippen molar-refractivity contribution in [1.29, 1.82) is 0 Å². The van der Waals surface area contributed by atoms with Crippen molar-refractivity contribution in [2.24, 2.45) is 0 Å². The standard InChI is InChI=1S/C19H23ClN2S/c1-2-23-19-9-3-16(4-10-19)15-21-11-13-22(14-12-21)18-7-5-17(20)6-8-18/h3-10H,2,11-15H2,1H3. The predicted molar refractivity (Wildman–Crippen MR) is 102 cm³/mol. The molecule has 1 aliphatic heterocycles. The molecule has 0 aromatic heterocycles. The molecule has 0 bridgehead atoms. The summed E-state index contributed by atoms with van der Waals surface area (Å²) >= 11 is 7.87. The Kier molecular flexibility index (Phi) is 5.87. The number of anilines is 1. The van der Waals surface area contributed by atoms with Crippen LogP contribution in [0.25, 0.3) is 0 Å². The molecule has 1 saturated heterocycles. The number of thioether (sulfide) groups is 1. The summed E-state index contributed by atoms with van der Waals surface area (Å²) in [5.74, 6) is 1.13. The van der Waals surface area contributed by atoms with Gasteiger partial charge in [0, 0.05) is 48.3 Å². The first kappa shape index (κ1) is 16.7. The Morgan fingerprint density at radius 3 is 2.17 bits per heavy atom. The first-order valence-electron chi connectivity index (χ1n) is 8.19. The lowest BCUT2D eigenvalue weighted by Gasteiger charge is -2.36. The zero-order valence-corrected chi connectivity index (χ0v) is 15.1. The van der Waals surface area contributed by atoms with E-state index in [0.29, 0.717) is 0 Å². The highest BCUT2D eigenvalue weighted by molar-refractivity contribution is 7.99. The van der Waals surface area contributed by atoms with Gasteiger partial charge in [0.25, 0.3) is 0 Å². The van der Waals surface area contributed by atoms with Crippen molar-refractivity contribution in [3.8, 4) is 0 Å². The van der Waals surface area contributed by atoms with Gasteiger partial charge in [-0.05, 0) is 47.7 Å². The maximum absolute atomic E-state index is 5.97. The zero-order chi connectivity index (χ0) is 16.1. The monoisotopic (exact) mass is 346 g/mol. The normalized spacial score (nSPS) is 15.8. The minimum atomic E-state index is 0.803. The fourth-order valence-electron chi connectivity index (χ4n) is 2.93. The van der Waals surface area contributed by atoms with Crippen molar-refractivity contribution < 1.29 is 0 Å². The van der Waals surface area contributed by atoms with Crippen molar-refractivity contribution in [2.75, 3.05) is 36.8 Å². The van der Waals surface area contributed by atoms with Crippen LogP contribution in [0, 0.1) is 0 Å². The van der Waals surface area contributed by atoms with Crippen LogP contribution in [0.3, 0.4) is 0 Å². The summed E-state index contributed by atoms with van der Waals surface area (Å²) in [5, 5.41) is 0.803. The summed E-state index contributed by atoms with van der Waals surface area (Å²) in [6.07, 6.45) is 0. The zero-order valence-electron chi connectivity index (χ0n) is 13.5. The lowest BCUT2D eigenvalue weighted by atomic mass is 10.2. The van der Waals surface area contributed by atoms with Crippen LogP contribution < -0.4 is 4.90 Å². The van der Waals surface area contributed by atoms with Crippen LogP contribution in [0.2, 0.25) is 5.02 Å². The Bertz CT molecular complexity index is 604. The van der Waals surface area contributed by atoms with Gasteiger partial charge in [0.1, 0.15) is 0 Å². The number of benzene rings is 2. The number of nitrogens with zero attached hydrogens (tertiary/aromatic N) is 2. The molecule has 0 saturated carbocycles. The molecule has 2 aromatic carbocycles. The smallest absolute Gasteiger partial charge is 0.0407 e. The fourth-order valence-corrected chi connectivity index (χ4v) is 3.72. The Hall–Kier alpha value is -1.16. The molecule has 2 aromatic rings. The first-order chi connectivity index (χ1) is 11.2. The lowest BCUT2D eigenvalue weighted by molar-refractivity contribution is 0.250. The quantitative estimate of drug-likeness (QED) is 0.720. The van der Waals surface area contributed by atoms with E-state index in [9.17, 15) is 0 Å². The molecule has 3 rings (SSSR count). The molecular formula is C19H23ClN2S. The maximum Gasteiger partial charge on any atom is 0.0407 e. The average molecular weight is 347 g/mol. The molecule has 0 radical (unpaired) electrons.